The summed E-state index contributed by atoms with van der Waals surface area (Å²) >= 11 is 0. The molecule has 0 aromatic rings. The molecule has 0 spiro atoms. The Balaban J connectivity index is 0.00000132. The van der Waals surface area contributed by atoms with E-state index in [1.165, 1.54) is 25.7 Å². The molecular weight excluding hydrogens is 386 g/mol. The van der Waals surface area contributed by atoms with Crippen LogP contribution in [0.4, 0.5) is 0 Å². The van der Waals surface area contributed by atoms with E-state index in [4.69, 9.17) is 0 Å². The van der Waals surface area contributed by atoms with Crippen molar-refractivity contribution in [2.45, 2.75) is 111 Å². The van der Waals surface area contributed by atoms with Crippen molar-refractivity contribution in [2.24, 2.45) is 46.3 Å². The van der Waals surface area contributed by atoms with Gasteiger partial charge in [-0.25, -0.2) is 0 Å². The van der Waals surface area contributed by atoms with Crippen LogP contribution in [-0.2, 0) is 4.79 Å². The highest BCUT2D eigenvalue weighted by Crippen LogP contribution is 2.68. The van der Waals surface area contributed by atoms with Crippen LogP contribution in [0.3, 0.4) is 0 Å². The fraction of sp³-hybridized carbons (Fsp3) is 0.963. The van der Waals surface area contributed by atoms with E-state index in [1.54, 1.807) is 7.05 Å². The zero-order chi connectivity index (χ0) is 23.0. The Kier molecular flexibility index (Phi) is 7.84. The SMILES string of the molecule is CC.CNC(=O)CC[C@@H](C)C1CCC2C3C(O)CC4CC(O)CCC4(C)C3CCC21C. The largest absolute Gasteiger partial charge is 0.393 e. The Morgan fingerprint density at radius 1 is 1.00 bits per heavy atom. The quantitative estimate of drug-likeness (QED) is 0.571. The molecule has 180 valence electrons. The van der Waals surface area contributed by atoms with E-state index in [9.17, 15) is 15.0 Å². The van der Waals surface area contributed by atoms with Crippen molar-refractivity contribution >= 4 is 5.91 Å². The third kappa shape index (κ3) is 4.33. The summed E-state index contributed by atoms with van der Waals surface area (Å²) in [7, 11) is 1.73. The molecule has 0 heterocycles. The Hall–Kier alpha value is -0.610. The first-order valence-corrected chi connectivity index (χ1v) is 13.3. The van der Waals surface area contributed by atoms with Gasteiger partial charge in [0.25, 0.3) is 0 Å². The minimum absolute atomic E-state index is 0.154. The monoisotopic (exact) mass is 435 g/mol. The molecule has 0 aromatic carbocycles. The van der Waals surface area contributed by atoms with Gasteiger partial charge in [0.2, 0.25) is 5.91 Å². The Labute approximate surface area is 191 Å². The molecule has 0 radical (unpaired) electrons. The number of rotatable bonds is 4. The van der Waals surface area contributed by atoms with Crippen LogP contribution >= 0.6 is 0 Å². The van der Waals surface area contributed by atoms with Crippen LogP contribution in [0.1, 0.15) is 98.8 Å². The molecule has 4 aliphatic carbocycles. The highest BCUT2D eigenvalue weighted by Gasteiger charge is 2.62. The molecule has 0 aromatic heterocycles. The van der Waals surface area contributed by atoms with Gasteiger partial charge in [0.05, 0.1) is 12.2 Å². The second-order valence-corrected chi connectivity index (χ2v) is 11.6. The lowest BCUT2D eigenvalue weighted by atomic mass is 9.43. The molecule has 9 unspecified atom stereocenters. The Morgan fingerprint density at radius 2 is 1.65 bits per heavy atom. The van der Waals surface area contributed by atoms with Gasteiger partial charge < -0.3 is 15.5 Å². The maximum Gasteiger partial charge on any atom is 0.219 e. The summed E-state index contributed by atoms with van der Waals surface area (Å²) in [5.41, 5.74) is 0.606. The predicted octanol–water partition coefficient (Wildman–Crippen LogP) is 5.17. The van der Waals surface area contributed by atoms with Gasteiger partial charge in [-0.2, -0.15) is 0 Å². The number of carbonyl (C=O) groups excluding carboxylic acids is 1. The zero-order valence-corrected chi connectivity index (χ0v) is 21.0. The van der Waals surface area contributed by atoms with Gasteiger partial charge in [0.15, 0.2) is 0 Å². The van der Waals surface area contributed by atoms with Crippen molar-refractivity contribution in [3.63, 3.8) is 0 Å². The summed E-state index contributed by atoms with van der Waals surface area (Å²) in [6.07, 6.45) is 10.1. The van der Waals surface area contributed by atoms with Crippen LogP contribution in [0.15, 0.2) is 0 Å². The van der Waals surface area contributed by atoms with Gasteiger partial charge in [-0.1, -0.05) is 34.6 Å². The smallest absolute Gasteiger partial charge is 0.219 e. The zero-order valence-electron chi connectivity index (χ0n) is 21.0. The number of aliphatic hydroxyl groups excluding tert-OH is 2. The van der Waals surface area contributed by atoms with Crippen LogP contribution < -0.4 is 5.32 Å². The van der Waals surface area contributed by atoms with E-state index in [-0.39, 0.29) is 18.1 Å². The number of hydrogen-bond donors (Lipinski definition) is 3. The normalized spacial score (nSPS) is 47.2. The van der Waals surface area contributed by atoms with E-state index in [2.05, 4.69) is 26.1 Å². The van der Waals surface area contributed by atoms with Crippen LogP contribution in [0, 0.1) is 46.3 Å². The predicted molar refractivity (Wildman–Crippen MR) is 126 cm³/mol. The second-order valence-electron chi connectivity index (χ2n) is 11.6. The minimum Gasteiger partial charge on any atom is -0.393 e. The average Bonchev–Trinajstić information content (AvgIpc) is 3.11. The molecule has 0 bridgehead atoms. The summed E-state index contributed by atoms with van der Waals surface area (Å²) < 4.78 is 0. The molecule has 4 heteroatoms. The number of aliphatic hydroxyl groups is 2. The highest BCUT2D eigenvalue weighted by molar-refractivity contribution is 5.75. The van der Waals surface area contributed by atoms with Crippen molar-refractivity contribution < 1.29 is 15.0 Å². The fourth-order valence-corrected chi connectivity index (χ4v) is 8.86. The van der Waals surface area contributed by atoms with Crippen molar-refractivity contribution in [2.75, 3.05) is 7.05 Å². The first kappa shape index (κ1) is 25.0. The molecule has 4 aliphatic rings. The standard InChI is InChI=1S/C25H43NO3.C2H6/c1-15(5-8-22(29)26-4)18-6-7-19-23-20(10-12-25(18,19)3)24(2)11-9-17(27)13-16(24)14-21(23)28;1-2/h15-21,23,27-28H,5-14H2,1-4H3,(H,26,29);1-2H3/t15-,16?,17?,18?,19?,20?,21?,23?,24?,25?;/m1./s1. The summed E-state index contributed by atoms with van der Waals surface area (Å²) in [5, 5.41) is 24.3. The van der Waals surface area contributed by atoms with Crippen LogP contribution in [0.25, 0.3) is 0 Å². The molecular formula is C27H49NO3. The van der Waals surface area contributed by atoms with Gasteiger partial charge in [0, 0.05) is 13.5 Å². The van der Waals surface area contributed by atoms with E-state index in [0.29, 0.717) is 52.8 Å². The third-order valence-corrected chi connectivity index (χ3v) is 10.5. The summed E-state index contributed by atoms with van der Waals surface area (Å²) in [5.74, 6) is 3.53. The van der Waals surface area contributed by atoms with Crippen molar-refractivity contribution in [1.29, 1.82) is 0 Å². The van der Waals surface area contributed by atoms with Crippen LogP contribution in [0.2, 0.25) is 0 Å². The molecule has 4 saturated carbocycles. The Bertz CT molecular complexity index is 624. The molecule has 0 saturated heterocycles. The van der Waals surface area contributed by atoms with Crippen LogP contribution in [0.5, 0.6) is 0 Å². The Morgan fingerprint density at radius 3 is 2.32 bits per heavy atom. The third-order valence-electron chi connectivity index (χ3n) is 10.5. The second kappa shape index (κ2) is 9.71. The van der Waals surface area contributed by atoms with Crippen molar-refractivity contribution in [3.05, 3.63) is 0 Å². The van der Waals surface area contributed by atoms with E-state index >= 15 is 0 Å². The van der Waals surface area contributed by atoms with Crippen molar-refractivity contribution in [3.8, 4) is 0 Å². The highest BCUT2D eigenvalue weighted by atomic mass is 16.3. The summed E-state index contributed by atoms with van der Waals surface area (Å²) in [4.78, 5) is 11.8. The van der Waals surface area contributed by atoms with Gasteiger partial charge in [0.1, 0.15) is 0 Å². The number of amides is 1. The van der Waals surface area contributed by atoms with Gasteiger partial charge >= 0.3 is 0 Å². The molecule has 1 amide bonds. The topological polar surface area (TPSA) is 69.6 Å². The maximum atomic E-state index is 11.8. The van der Waals surface area contributed by atoms with Gasteiger partial charge in [-0.3, -0.25) is 4.79 Å². The van der Waals surface area contributed by atoms with E-state index in [0.717, 1.165) is 32.1 Å². The molecule has 0 aliphatic heterocycles. The summed E-state index contributed by atoms with van der Waals surface area (Å²) in [6, 6.07) is 0. The van der Waals surface area contributed by atoms with E-state index < -0.39 is 0 Å². The lowest BCUT2D eigenvalue weighted by Gasteiger charge is -2.62. The molecule has 10 atom stereocenters. The number of nitrogens with one attached hydrogen (secondary N) is 1. The summed E-state index contributed by atoms with van der Waals surface area (Å²) in [6.45, 7) is 11.3. The average molecular weight is 436 g/mol. The van der Waals surface area contributed by atoms with Gasteiger partial charge in [-0.05, 0) is 104 Å². The fourth-order valence-electron chi connectivity index (χ4n) is 8.86. The first-order chi connectivity index (χ1) is 14.7. The lowest BCUT2D eigenvalue weighted by Crippen LogP contribution is -2.58. The van der Waals surface area contributed by atoms with Crippen LogP contribution in [-0.4, -0.2) is 35.4 Å². The lowest BCUT2D eigenvalue weighted by molar-refractivity contribution is -0.174. The van der Waals surface area contributed by atoms with Gasteiger partial charge in [-0.15, -0.1) is 0 Å². The number of hydrogen-bond acceptors (Lipinski definition) is 3. The molecule has 31 heavy (non-hydrogen) atoms. The number of fused-ring (bicyclic) bond motifs is 5. The molecule has 3 N–H and O–H groups in total. The molecule has 4 rings (SSSR count). The maximum absolute atomic E-state index is 11.8. The van der Waals surface area contributed by atoms with E-state index in [1.807, 2.05) is 13.8 Å². The minimum atomic E-state index is -0.201. The first-order valence-electron chi connectivity index (χ1n) is 13.3. The molecule has 4 fully saturated rings. The number of carbonyl (C=O) groups is 1. The van der Waals surface area contributed by atoms with Crippen molar-refractivity contribution in [1.82, 2.24) is 5.32 Å². The molecule has 4 nitrogen and oxygen atoms in total.